The van der Waals surface area contributed by atoms with Crippen molar-refractivity contribution in [2.45, 2.75) is 48.1 Å². The third kappa shape index (κ3) is 11.3. The van der Waals surface area contributed by atoms with Crippen molar-refractivity contribution < 1.29 is 33.4 Å². The number of rotatable bonds is 13. The Morgan fingerprint density at radius 2 is 1.23 bits per heavy atom. The summed E-state index contributed by atoms with van der Waals surface area (Å²) in [6.45, 7) is 11.3. The van der Waals surface area contributed by atoms with Gasteiger partial charge in [-0.15, -0.1) is 0 Å². The molecule has 0 heterocycles. The second kappa shape index (κ2) is 15.3. The number of carbonyl (C=O) groups is 4. The van der Waals surface area contributed by atoms with Gasteiger partial charge in [0.15, 0.2) is 12.4 Å². The number of nitrogens with zero attached hydrogens (tertiary/aromatic N) is 1. The molecule has 3 aromatic rings. The van der Waals surface area contributed by atoms with Gasteiger partial charge in [0.1, 0.15) is 17.2 Å². The number of amides is 1. The molecule has 0 fully saturated rings. The second-order valence-corrected chi connectivity index (χ2v) is 12.5. The molecule has 9 heteroatoms. The summed E-state index contributed by atoms with van der Waals surface area (Å²) in [6.07, 6.45) is 0. The Labute approximate surface area is 259 Å². The van der Waals surface area contributed by atoms with E-state index in [2.05, 4.69) is 5.32 Å². The molecule has 44 heavy (non-hydrogen) atoms. The minimum Gasteiger partial charge on any atom is -0.484 e. The first-order valence-electron chi connectivity index (χ1n) is 14.5. The molecule has 0 bridgehead atoms. The van der Waals surface area contributed by atoms with Crippen LogP contribution in [0.3, 0.4) is 0 Å². The zero-order valence-electron chi connectivity index (χ0n) is 26.3. The number of ketones is 1. The summed E-state index contributed by atoms with van der Waals surface area (Å²) in [6, 6.07) is 23.1. The van der Waals surface area contributed by atoms with E-state index in [1.54, 1.807) is 53.7 Å². The Hall–Kier alpha value is -4.50. The summed E-state index contributed by atoms with van der Waals surface area (Å²) >= 11 is 0. The number of esters is 2. The van der Waals surface area contributed by atoms with Gasteiger partial charge in [0.05, 0.1) is 17.4 Å². The maximum atomic E-state index is 13.6. The Kier molecular flexibility index (Phi) is 11.8. The Bertz CT molecular complexity index is 1380. The number of hydrogen-bond acceptors (Lipinski definition) is 8. The van der Waals surface area contributed by atoms with Crippen LogP contribution >= 0.6 is 0 Å². The lowest BCUT2D eigenvalue weighted by atomic mass is 9.97. The van der Waals surface area contributed by atoms with E-state index < -0.39 is 22.8 Å². The van der Waals surface area contributed by atoms with Gasteiger partial charge in [0, 0.05) is 31.3 Å². The summed E-state index contributed by atoms with van der Waals surface area (Å²) in [7, 11) is 0. The molecule has 3 rings (SSSR count). The number of ether oxygens (including phenoxy) is 3. The van der Waals surface area contributed by atoms with Crippen molar-refractivity contribution in [3.05, 3.63) is 90.0 Å². The zero-order valence-corrected chi connectivity index (χ0v) is 26.3. The standard InChI is InChI=1S/C35H42N2O7/c1-34(2,3)32(40)43-28-19-26(20-29(21-28)44-33(41)35(4,5)6)30(38)23-37(22-25-13-9-7-10-14-25)18-17-36-31(39)24-42-27-15-11-8-12-16-27/h7-16,19-21H,17-18,22-24H2,1-6H3,(H,36,39). The third-order valence-electron chi connectivity index (χ3n) is 6.33. The number of benzene rings is 3. The molecule has 0 radical (unpaired) electrons. The fraction of sp³-hybridized carbons (Fsp3) is 0.371. The number of Topliss-reactive ketones (excluding diaryl/α,β-unsaturated/α-hetero) is 1. The van der Waals surface area contributed by atoms with Crippen molar-refractivity contribution in [2.75, 3.05) is 26.2 Å². The molecule has 0 atom stereocenters. The summed E-state index contributed by atoms with van der Waals surface area (Å²) in [5, 5.41) is 2.84. The molecule has 1 amide bonds. The fourth-order valence-electron chi connectivity index (χ4n) is 3.79. The summed E-state index contributed by atoms with van der Waals surface area (Å²) < 4.78 is 16.6. The predicted octanol–water partition coefficient (Wildman–Crippen LogP) is 5.47. The van der Waals surface area contributed by atoms with E-state index in [0.29, 0.717) is 18.8 Å². The highest BCUT2D eigenvalue weighted by Gasteiger charge is 2.27. The number of nitrogens with one attached hydrogen (secondary N) is 1. The predicted molar refractivity (Wildman–Crippen MR) is 168 cm³/mol. The van der Waals surface area contributed by atoms with Crippen LogP contribution in [0.15, 0.2) is 78.9 Å². The lowest BCUT2D eigenvalue weighted by Gasteiger charge is -2.23. The first-order valence-corrected chi connectivity index (χ1v) is 14.5. The molecular weight excluding hydrogens is 560 g/mol. The minimum absolute atomic E-state index is 0.00535. The quantitative estimate of drug-likeness (QED) is 0.156. The van der Waals surface area contributed by atoms with E-state index >= 15 is 0 Å². The van der Waals surface area contributed by atoms with Crippen LogP contribution in [-0.2, 0) is 20.9 Å². The first kappa shape index (κ1) is 34.0. The van der Waals surface area contributed by atoms with Crippen molar-refractivity contribution in [1.82, 2.24) is 10.2 Å². The van der Waals surface area contributed by atoms with Crippen molar-refractivity contribution >= 4 is 23.6 Å². The van der Waals surface area contributed by atoms with Crippen LogP contribution in [0.25, 0.3) is 0 Å². The van der Waals surface area contributed by atoms with Gasteiger partial charge in [-0.2, -0.15) is 0 Å². The van der Waals surface area contributed by atoms with Gasteiger partial charge < -0.3 is 19.5 Å². The molecule has 3 aromatic carbocycles. The largest absolute Gasteiger partial charge is 0.484 e. The second-order valence-electron chi connectivity index (χ2n) is 12.5. The molecule has 0 saturated heterocycles. The molecule has 1 N–H and O–H groups in total. The summed E-state index contributed by atoms with van der Waals surface area (Å²) in [4.78, 5) is 53.2. The highest BCUT2D eigenvalue weighted by molar-refractivity contribution is 5.98. The maximum absolute atomic E-state index is 13.6. The molecule has 0 spiro atoms. The van der Waals surface area contributed by atoms with Crippen molar-refractivity contribution in [3.63, 3.8) is 0 Å². The monoisotopic (exact) mass is 602 g/mol. The van der Waals surface area contributed by atoms with Gasteiger partial charge >= 0.3 is 11.9 Å². The molecule has 0 aliphatic carbocycles. The normalized spacial score (nSPS) is 11.5. The van der Waals surface area contributed by atoms with E-state index in [1.165, 1.54) is 18.2 Å². The molecule has 0 saturated carbocycles. The smallest absolute Gasteiger partial charge is 0.316 e. The lowest BCUT2D eigenvalue weighted by molar-refractivity contribution is -0.143. The summed E-state index contributed by atoms with van der Waals surface area (Å²) in [5.74, 6) is -0.733. The minimum atomic E-state index is -0.786. The molecular formula is C35H42N2O7. The SMILES string of the molecule is CC(C)(C)C(=O)Oc1cc(OC(=O)C(C)(C)C)cc(C(=O)CN(CCNC(=O)COc2ccccc2)Cc2ccccc2)c1. The molecule has 0 unspecified atom stereocenters. The van der Waals surface area contributed by atoms with Crippen LogP contribution in [0.2, 0.25) is 0 Å². The average Bonchev–Trinajstić information content (AvgIpc) is 2.96. The molecule has 9 nitrogen and oxygen atoms in total. The zero-order chi connectivity index (χ0) is 32.3. The van der Waals surface area contributed by atoms with Gasteiger partial charge in [-0.3, -0.25) is 24.1 Å². The Morgan fingerprint density at radius 1 is 0.705 bits per heavy atom. The Balaban J connectivity index is 1.76. The van der Waals surface area contributed by atoms with E-state index in [0.717, 1.165) is 5.56 Å². The number of carbonyl (C=O) groups excluding carboxylic acids is 4. The van der Waals surface area contributed by atoms with Crippen LogP contribution in [0.1, 0.15) is 57.5 Å². The van der Waals surface area contributed by atoms with Crippen LogP contribution < -0.4 is 19.5 Å². The van der Waals surface area contributed by atoms with E-state index in [4.69, 9.17) is 14.2 Å². The Morgan fingerprint density at radius 3 is 1.75 bits per heavy atom. The van der Waals surface area contributed by atoms with Gasteiger partial charge in [0.2, 0.25) is 0 Å². The van der Waals surface area contributed by atoms with Crippen molar-refractivity contribution in [2.24, 2.45) is 10.8 Å². The van der Waals surface area contributed by atoms with Crippen molar-refractivity contribution in [3.8, 4) is 17.2 Å². The molecule has 234 valence electrons. The highest BCUT2D eigenvalue weighted by Crippen LogP contribution is 2.28. The average molecular weight is 603 g/mol. The van der Waals surface area contributed by atoms with E-state index in [-0.39, 0.29) is 48.4 Å². The fourth-order valence-corrected chi connectivity index (χ4v) is 3.79. The van der Waals surface area contributed by atoms with Crippen LogP contribution in [0.5, 0.6) is 17.2 Å². The van der Waals surface area contributed by atoms with Gasteiger partial charge in [-0.05, 0) is 71.4 Å². The van der Waals surface area contributed by atoms with Gasteiger partial charge in [0.25, 0.3) is 5.91 Å². The van der Waals surface area contributed by atoms with E-state index in [1.807, 2.05) is 53.4 Å². The van der Waals surface area contributed by atoms with Crippen LogP contribution in [-0.4, -0.2) is 54.8 Å². The highest BCUT2D eigenvalue weighted by atomic mass is 16.5. The van der Waals surface area contributed by atoms with Gasteiger partial charge in [-0.25, -0.2) is 0 Å². The van der Waals surface area contributed by atoms with Gasteiger partial charge in [-0.1, -0.05) is 48.5 Å². The number of para-hydroxylation sites is 1. The maximum Gasteiger partial charge on any atom is 0.316 e. The van der Waals surface area contributed by atoms with Crippen LogP contribution in [0.4, 0.5) is 0 Å². The van der Waals surface area contributed by atoms with E-state index in [9.17, 15) is 19.2 Å². The lowest BCUT2D eigenvalue weighted by Crippen LogP contribution is -2.38. The van der Waals surface area contributed by atoms with Crippen molar-refractivity contribution in [1.29, 1.82) is 0 Å². The summed E-state index contributed by atoms with van der Waals surface area (Å²) in [5.41, 5.74) is -0.359. The molecule has 0 aliphatic heterocycles. The first-order chi connectivity index (χ1) is 20.7. The topological polar surface area (TPSA) is 111 Å². The molecule has 0 aliphatic rings. The third-order valence-corrected chi connectivity index (χ3v) is 6.33. The number of hydrogen-bond donors (Lipinski definition) is 1. The molecule has 0 aromatic heterocycles. The van der Waals surface area contributed by atoms with Crippen LogP contribution in [0, 0.1) is 10.8 Å².